The molecule has 5 heteroatoms. The van der Waals surface area contributed by atoms with Crippen LogP contribution in [0.4, 0.5) is 0 Å². The maximum atomic E-state index is 11.2. The van der Waals surface area contributed by atoms with Crippen molar-refractivity contribution in [1.29, 1.82) is 5.26 Å². The fourth-order valence-electron chi connectivity index (χ4n) is 1.42. The number of benzene rings is 1. The van der Waals surface area contributed by atoms with E-state index in [9.17, 15) is 4.79 Å². The number of hydrogen-bond acceptors (Lipinski definition) is 5. The highest BCUT2D eigenvalue weighted by Gasteiger charge is 2.15. The van der Waals surface area contributed by atoms with Gasteiger partial charge in [-0.3, -0.25) is 0 Å². The van der Waals surface area contributed by atoms with E-state index in [4.69, 9.17) is 19.5 Å². The molecule has 0 aliphatic rings. The molecule has 96 valence electrons. The quantitative estimate of drug-likeness (QED) is 0.719. The van der Waals surface area contributed by atoms with Gasteiger partial charge in [-0.25, -0.2) is 4.79 Å². The Morgan fingerprint density at radius 2 is 2.17 bits per heavy atom. The fraction of sp³-hybridized carbons (Fsp3) is 0.385. The van der Waals surface area contributed by atoms with Crippen LogP contribution in [0, 0.1) is 11.3 Å². The number of carbonyl (C=O) groups is 1. The van der Waals surface area contributed by atoms with Crippen molar-refractivity contribution >= 4 is 5.97 Å². The number of rotatable bonds is 6. The second kappa shape index (κ2) is 7.30. The van der Waals surface area contributed by atoms with E-state index in [2.05, 4.69) is 0 Å². The number of para-hydroxylation sites is 1. The Hall–Kier alpha value is -2.06. The van der Waals surface area contributed by atoms with Gasteiger partial charge >= 0.3 is 5.97 Å². The molecule has 0 aromatic heterocycles. The Bertz CT molecular complexity index is 439. The summed E-state index contributed by atoms with van der Waals surface area (Å²) in [6.07, 6.45) is -0.719. The topological polar surface area (TPSA) is 68.5 Å². The van der Waals surface area contributed by atoms with Gasteiger partial charge in [0.15, 0.2) is 12.7 Å². The molecule has 0 heterocycles. The molecule has 1 atom stereocenters. The van der Waals surface area contributed by atoms with Crippen molar-refractivity contribution in [2.75, 3.05) is 20.3 Å². The molecule has 0 N–H and O–H groups in total. The SMILES string of the molecule is CCOC(=O)COc1ccccc1C(C#N)OC. The lowest BCUT2D eigenvalue weighted by atomic mass is 10.1. The lowest BCUT2D eigenvalue weighted by Gasteiger charge is -2.13. The zero-order chi connectivity index (χ0) is 13.4. The maximum absolute atomic E-state index is 11.2. The van der Waals surface area contributed by atoms with Crippen LogP contribution in [0.3, 0.4) is 0 Å². The second-order valence-electron chi connectivity index (χ2n) is 3.38. The third kappa shape index (κ3) is 3.75. The van der Waals surface area contributed by atoms with Crippen LogP contribution in [0.5, 0.6) is 5.75 Å². The van der Waals surface area contributed by atoms with E-state index in [1.54, 1.807) is 31.2 Å². The summed E-state index contributed by atoms with van der Waals surface area (Å²) in [5, 5.41) is 8.94. The van der Waals surface area contributed by atoms with Crippen LogP contribution in [-0.4, -0.2) is 26.3 Å². The average Bonchev–Trinajstić information content (AvgIpc) is 2.39. The molecule has 0 fully saturated rings. The molecular formula is C13H15NO4. The summed E-state index contributed by atoms with van der Waals surface area (Å²) >= 11 is 0. The van der Waals surface area contributed by atoms with E-state index in [1.165, 1.54) is 7.11 Å². The zero-order valence-electron chi connectivity index (χ0n) is 10.4. The van der Waals surface area contributed by atoms with E-state index in [1.807, 2.05) is 6.07 Å². The predicted octanol–water partition coefficient (Wildman–Crippen LogP) is 1.84. The third-order valence-corrected chi connectivity index (χ3v) is 2.21. The summed E-state index contributed by atoms with van der Waals surface area (Å²) in [6.45, 7) is 1.85. The Balaban J connectivity index is 2.77. The van der Waals surface area contributed by atoms with E-state index >= 15 is 0 Å². The van der Waals surface area contributed by atoms with Gasteiger partial charge in [0.1, 0.15) is 5.75 Å². The highest BCUT2D eigenvalue weighted by atomic mass is 16.6. The molecule has 5 nitrogen and oxygen atoms in total. The molecule has 0 radical (unpaired) electrons. The molecule has 0 aliphatic heterocycles. The smallest absolute Gasteiger partial charge is 0.344 e. The molecule has 0 saturated heterocycles. The first-order valence-electron chi connectivity index (χ1n) is 5.52. The average molecular weight is 249 g/mol. The molecule has 0 aliphatic carbocycles. The molecule has 0 bridgehead atoms. The minimum absolute atomic E-state index is 0.188. The van der Waals surface area contributed by atoms with Crippen molar-refractivity contribution in [2.24, 2.45) is 0 Å². The minimum Gasteiger partial charge on any atom is -0.481 e. The monoisotopic (exact) mass is 249 g/mol. The minimum atomic E-state index is -0.719. The van der Waals surface area contributed by atoms with Gasteiger partial charge < -0.3 is 14.2 Å². The van der Waals surface area contributed by atoms with E-state index in [0.29, 0.717) is 17.9 Å². The van der Waals surface area contributed by atoms with Gasteiger partial charge in [0, 0.05) is 12.7 Å². The predicted molar refractivity (Wildman–Crippen MR) is 63.9 cm³/mol. The summed E-state index contributed by atoms with van der Waals surface area (Å²) in [7, 11) is 1.44. The van der Waals surface area contributed by atoms with Crippen molar-refractivity contribution in [3.05, 3.63) is 29.8 Å². The summed E-state index contributed by atoms with van der Waals surface area (Å²) in [6, 6.07) is 8.93. The van der Waals surface area contributed by atoms with Gasteiger partial charge in [0.05, 0.1) is 12.7 Å². The van der Waals surface area contributed by atoms with Gasteiger partial charge in [0.2, 0.25) is 0 Å². The number of hydrogen-bond donors (Lipinski definition) is 0. The lowest BCUT2D eigenvalue weighted by Crippen LogP contribution is -2.15. The molecule has 1 aromatic carbocycles. The second-order valence-corrected chi connectivity index (χ2v) is 3.38. The number of carbonyl (C=O) groups excluding carboxylic acids is 1. The first-order valence-corrected chi connectivity index (χ1v) is 5.52. The number of esters is 1. The number of methoxy groups -OCH3 is 1. The Morgan fingerprint density at radius 1 is 1.44 bits per heavy atom. The van der Waals surface area contributed by atoms with Crippen molar-refractivity contribution in [3.8, 4) is 11.8 Å². The summed E-state index contributed by atoms with van der Waals surface area (Å²) in [5.74, 6) is -0.00261. The molecule has 0 spiro atoms. The fourth-order valence-corrected chi connectivity index (χ4v) is 1.42. The van der Waals surface area contributed by atoms with Crippen LogP contribution in [0.25, 0.3) is 0 Å². The summed E-state index contributed by atoms with van der Waals surface area (Å²) < 4.78 is 15.1. The van der Waals surface area contributed by atoms with Crippen LogP contribution in [0.1, 0.15) is 18.6 Å². The van der Waals surface area contributed by atoms with Crippen LogP contribution in [-0.2, 0) is 14.3 Å². The largest absolute Gasteiger partial charge is 0.481 e. The number of ether oxygens (including phenoxy) is 3. The van der Waals surface area contributed by atoms with Crippen LogP contribution >= 0.6 is 0 Å². The molecule has 1 unspecified atom stereocenters. The Morgan fingerprint density at radius 3 is 2.78 bits per heavy atom. The number of nitriles is 1. The van der Waals surface area contributed by atoms with Gasteiger partial charge in [-0.15, -0.1) is 0 Å². The van der Waals surface area contributed by atoms with E-state index in [-0.39, 0.29) is 6.61 Å². The molecule has 1 rings (SSSR count). The van der Waals surface area contributed by atoms with Crippen molar-refractivity contribution in [2.45, 2.75) is 13.0 Å². The van der Waals surface area contributed by atoms with Crippen molar-refractivity contribution in [3.63, 3.8) is 0 Å². The van der Waals surface area contributed by atoms with Gasteiger partial charge in [0.25, 0.3) is 0 Å². The van der Waals surface area contributed by atoms with Gasteiger partial charge in [-0.1, -0.05) is 18.2 Å². The molecular weight excluding hydrogens is 234 g/mol. The van der Waals surface area contributed by atoms with Crippen molar-refractivity contribution in [1.82, 2.24) is 0 Å². The number of nitrogens with zero attached hydrogens (tertiary/aromatic N) is 1. The third-order valence-electron chi connectivity index (χ3n) is 2.21. The molecule has 18 heavy (non-hydrogen) atoms. The molecule has 0 amide bonds. The highest BCUT2D eigenvalue weighted by molar-refractivity contribution is 5.71. The van der Waals surface area contributed by atoms with Gasteiger partial charge in [-0.05, 0) is 13.0 Å². The van der Waals surface area contributed by atoms with Crippen molar-refractivity contribution < 1.29 is 19.0 Å². The van der Waals surface area contributed by atoms with Gasteiger partial charge in [-0.2, -0.15) is 5.26 Å². The Kier molecular flexibility index (Phi) is 5.68. The van der Waals surface area contributed by atoms with Crippen LogP contribution in [0.15, 0.2) is 24.3 Å². The van der Waals surface area contributed by atoms with E-state index in [0.717, 1.165) is 0 Å². The van der Waals surface area contributed by atoms with Crippen LogP contribution in [0.2, 0.25) is 0 Å². The maximum Gasteiger partial charge on any atom is 0.344 e. The first kappa shape index (κ1) is 14.0. The normalized spacial score (nSPS) is 11.4. The lowest BCUT2D eigenvalue weighted by molar-refractivity contribution is -0.145. The highest BCUT2D eigenvalue weighted by Crippen LogP contribution is 2.26. The molecule has 1 aromatic rings. The zero-order valence-corrected chi connectivity index (χ0v) is 10.4. The standard InChI is InChI=1S/C13H15NO4/c1-3-17-13(15)9-18-11-7-5-4-6-10(11)12(8-14)16-2/h4-7,12H,3,9H2,1-2H3. The Labute approximate surface area is 106 Å². The summed E-state index contributed by atoms with van der Waals surface area (Å²) in [4.78, 5) is 11.2. The van der Waals surface area contributed by atoms with Crippen LogP contribution < -0.4 is 4.74 Å². The molecule has 0 saturated carbocycles. The summed E-state index contributed by atoms with van der Waals surface area (Å²) in [5.41, 5.74) is 0.590. The van der Waals surface area contributed by atoms with E-state index < -0.39 is 12.1 Å². The first-order chi connectivity index (χ1) is 8.72.